The number of carboxylic acid groups (broad SMARTS) is 1. The molecule has 0 saturated heterocycles. The van der Waals surface area contributed by atoms with Crippen LogP contribution in [0.5, 0.6) is 0 Å². The van der Waals surface area contributed by atoms with Crippen molar-refractivity contribution in [1.29, 1.82) is 0 Å². The van der Waals surface area contributed by atoms with E-state index in [1.54, 1.807) is 23.9 Å². The highest BCUT2D eigenvalue weighted by atomic mass is 35.5. The molecule has 1 aromatic heterocycles. The topological polar surface area (TPSA) is 55.1 Å². The third-order valence-corrected chi connectivity index (χ3v) is 2.74. The van der Waals surface area contributed by atoms with Gasteiger partial charge in [0.05, 0.1) is 5.69 Å². The molecule has 2 aromatic rings. The first-order valence-electron chi connectivity index (χ1n) is 5.05. The first-order chi connectivity index (χ1) is 7.99. The molecule has 0 unspecified atom stereocenters. The van der Waals surface area contributed by atoms with Crippen molar-refractivity contribution in [3.8, 4) is 5.69 Å². The molecule has 5 heteroatoms. The Morgan fingerprint density at radius 1 is 1.35 bits per heavy atom. The molecule has 0 aliphatic heterocycles. The highest BCUT2D eigenvalue weighted by molar-refractivity contribution is 6.30. The Labute approximate surface area is 103 Å². The van der Waals surface area contributed by atoms with Gasteiger partial charge < -0.3 is 5.11 Å². The zero-order chi connectivity index (χ0) is 12.6. The number of aryl methyl sites for hydroxylation is 2. The lowest BCUT2D eigenvalue weighted by Gasteiger charge is -2.05. The minimum atomic E-state index is -1.02. The van der Waals surface area contributed by atoms with Crippen molar-refractivity contribution in [2.24, 2.45) is 0 Å². The van der Waals surface area contributed by atoms with E-state index < -0.39 is 5.97 Å². The maximum Gasteiger partial charge on any atom is 0.356 e. The number of benzene rings is 1. The normalized spacial score (nSPS) is 10.5. The standard InChI is InChI=1S/C12H11ClN2O2/c1-7-5-9(13)3-4-10(7)15-6-8(2)11(14-15)12(16)17/h3-6H,1-2H3,(H,16,17). The highest BCUT2D eigenvalue weighted by Gasteiger charge is 2.13. The van der Waals surface area contributed by atoms with Crippen LogP contribution < -0.4 is 0 Å². The molecule has 0 amide bonds. The molecule has 88 valence electrons. The molecule has 0 aliphatic carbocycles. The van der Waals surface area contributed by atoms with E-state index in [1.807, 2.05) is 19.1 Å². The number of carbonyl (C=O) groups is 1. The summed E-state index contributed by atoms with van der Waals surface area (Å²) in [4.78, 5) is 10.9. The van der Waals surface area contributed by atoms with Gasteiger partial charge >= 0.3 is 5.97 Å². The van der Waals surface area contributed by atoms with Crippen molar-refractivity contribution in [3.63, 3.8) is 0 Å². The van der Waals surface area contributed by atoms with Crippen LogP contribution in [0, 0.1) is 13.8 Å². The number of hydrogen-bond donors (Lipinski definition) is 1. The second-order valence-electron chi connectivity index (χ2n) is 3.84. The lowest BCUT2D eigenvalue weighted by molar-refractivity contribution is 0.0689. The van der Waals surface area contributed by atoms with E-state index in [4.69, 9.17) is 16.7 Å². The maximum absolute atomic E-state index is 10.9. The van der Waals surface area contributed by atoms with Crippen LogP contribution in [0.1, 0.15) is 21.6 Å². The third-order valence-electron chi connectivity index (χ3n) is 2.51. The van der Waals surface area contributed by atoms with Crippen LogP contribution in [0.2, 0.25) is 5.02 Å². The monoisotopic (exact) mass is 250 g/mol. The first kappa shape index (κ1) is 11.7. The molecule has 0 aliphatic rings. The Hall–Kier alpha value is -1.81. The van der Waals surface area contributed by atoms with Gasteiger partial charge in [0.25, 0.3) is 0 Å². The van der Waals surface area contributed by atoms with Crippen molar-refractivity contribution < 1.29 is 9.90 Å². The summed E-state index contributed by atoms with van der Waals surface area (Å²) in [6, 6.07) is 5.38. The van der Waals surface area contributed by atoms with E-state index in [0.717, 1.165) is 11.3 Å². The average Bonchev–Trinajstić information content (AvgIpc) is 2.60. The fourth-order valence-corrected chi connectivity index (χ4v) is 1.90. The molecule has 4 nitrogen and oxygen atoms in total. The van der Waals surface area contributed by atoms with Gasteiger partial charge in [0.1, 0.15) is 0 Å². The summed E-state index contributed by atoms with van der Waals surface area (Å²) in [7, 11) is 0. The van der Waals surface area contributed by atoms with Crippen molar-refractivity contribution in [1.82, 2.24) is 9.78 Å². The molecule has 17 heavy (non-hydrogen) atoms. The summed E-state index contributed by atoms with van der Waals surface area (Å²) in [5.74, 6) is -1.02. The van der Waals surface area contributed by atoms with E-state index >= 15 is 0 Å². The molecule has 0 saturated carbocycles. The number of rotatable bonds is 2. The van der Waals surface area contributed by atoms with Crippen LogP contribution in [0.4, 0.5) is 0 Å². The van der Waals surface area contributed by atoms with Crippen LogP contribution in [0.15, 0.2) is 24.4 Å². The Morgan fingerprint density at radius 2 is 2.06 bits per heavy atom. The van der Waals surface area contributed by atoms with Crippen LogP contribution >= 0.6 is 11.6 Å². The van der Waals surface area contributed by atoms with Gasteiger partial charge in [-0.15, -0.1) is 0 Å². The Kier molecular flexibility index (Phi) is 2.90. The zero-order valence-corrected chi connectivity index (χ0v) is 10.2. The van der Waals surface area contributed by atoms with Crippen molar-refractivity contribution in [2.45, 2.75) is 13.8 Å². The van der Waals surface area contributed by atoms with Gasteiger partial charge in [-0.3, -0.25) is 0 Å². The fraction of sp³-hybridized carbons (Fsp3) is 0.167. The van der Waals surface area contributed by atoms with Gasteiger partial charge in [-0.2, -0.15) is 5.10 Å². The van der Waals surface area contributed by atoms with Crippen LogP contribution in [-0.2, 0) is 0 Å². The maximum atomic E-state index is 10.9. The smallest absolute Gasteiger partial charge is 0.356 e. The third kappa shape index (κ3) is 2.17. The fourth-order valence-electron chi connectivity index (χ4n) is 1.67. The van der Waals surface area contributed by atoms with E-state index in [-0.39, 0.29) is 5.69 Å². The van der Waals surface area contributed by atoms with E-state index in [9.17, 15) is 4.79 Å². The first-order valence-corrected chi connectivity index (χ1v) is 5.43. The minimum absolute atomic E-state index is 0.0688. The van der Waals surface area contributed by atoms with Crippen LogP contribution in [0.25, 0.3) is 5.69 Å². The molecule has 1 aromatic carbocycles. The summed E-state index contributed by atoms with van der Waals surface area (Å²) >= 11 is 5.87. The highest BCUT2D eigenvalue weighted by Crippen LogP contribution is 2.19. The van der Waals surface area contributed by atoms with Gasteiger partial charge in [-0.05, 0) is 37.6 Å². The molecule has 0 spiro atoms. The zero-order valence-electron chi connectivity index (χ0n) is 9.44. The summed E-state index contributed by atoms with van der Waals surface area (Å²) in [5, 5.41) is 13.6. The second kappa shape index (κ2) is 4.22. The van der Waals surface area contributed by atoms with Crippen LogP contribution in [0.3, 0.4) is 0 Å². The number of halogens is 1. The summed E-state index contributed by atoms with van der Waals surface area (Å²) in [6.45, 7) is 3.62. The predicted molar refractivity (Wildman–Crippen MR) is 65.0 cm³/mol. The molecule has 2 rings (SSSR count). The van der Waals surface area contributed by atoms with Crippen molar-refractivity contribution in [3.05, 3.63) is 46.2 Å². The molecule has 0 fully saturated rings. The molecular weight excluding hydrogens is 240 g/mol. The molecule has 0 bridgehead atoms. The van der Waals surface area contributed by atoms with E-state index in [0.29, 0.717) is 10.6 Å². The average molecular weight is 251 g/mol. The summed E-state index contributed by atoms with van der Waals surface area (Å²) < 4.78 is 1.56. The number of hydrogen-bond acceptors (Lipinski definition) is 2. The Balaban J connectivity index is 2.53. The summed E-state index contributed by atoms with van der Waals surface area (Å²) in [6.07, 6.45) is 1.69. The second-order valence-corrected chi connectivity index (χ2v) is 4.28. The molecule has 1 heterocycles. The Bertz CT molecular complexity index is 590. The van der Waals surface area contributed by atoms with Crippen LogP contribution in [-0.4, -0.2) is 20.9 Å². The van der Waals surface area contributed by atoms with Gasteiger partial charge in [0, 0.05) is 16.8 Å². The van der Waals surface area contributed by atoms with Crippen molar-refractivity contribution in [2.75, 3.05) is 0 Å². The lowest BCUT2D eigenvalue weighted by atomic mass is 10.2. The number of carboxylic acids is 1. The SMILES string of the molecule is Cc1cc(Cl)ccc1-n1cc(C)c(C(=O)O)n1. The summed E-state index contributed by atoms with van der Waals surface area (Å²) in [5.41, 5.74) is 2.47. The molecular formula is C12H11ClN2O2. The molecule has 0 radical (unpaired) electrons. The quantitative estimate of drug-likeness (QED) is 0.892. The number of aromatic carboxylic acids is 1. The number of aromatic nitrogens is 2. The molecule has 1 N–H and O–H groups in total. The predicted octanol–water partition coefficient (Wildman–Crippen LogP) is 2.84. The minimum Gasteiger partial charge on any atom is -0.476 e. The number of nitrogens with zero attached hydrogens (tertiary/aromatic N) is 2. The van der Waals surface area contributed by atoms with Crippen molar-refractivity contribution >= 4 is 17.6 Å². The van der Waals surface area contributed by atoms with Gasteiger partial charge in [-0.1, -0.05) is 11.6 Å². The van der Waals surface area contributed by atoms with E-state index in [1.165, 1.54) is 0 Å². The lowest BCUT2D eigenvalue weighted by Crippen LogP contribution is -2.02. The van der Waals surface area contributed by atoms with Gasteiger partial charge in [0.15, 0.2) is 5.69 Å². The molecule has 0 atom stereocenters. The van der Waals surface area contributed by atoms with Gasteiger partial charge in [0.2, 0.25) is 0 Å². The van der Waals surface area contributed by atoms with E-state index in [2.05, 4.69) is 5.10 Å². The van der Waals surface area contributed by atoms with Gasteiger partial charge in [-0.25, -0.2) is 9.48 Å². The Morgan fingerprint density at radius 3 is 2.59 bits per heavy atom. The largest absolute Gasteiger partial charge is 0.476 e.